The zero-order chi connectivity index (χ0) is 19.1. The Morgan fingerprint density at radius 1 is 1.00 bits per heavy atom. The molecule has 0 spiro atoms. The van der Waals surface area contributed by atoms with Crippen LogP contribution in [-0.2, 0) is 11.2 Å². The molecule has 7 heteroatoms. The number of ether oxygens (including phenoxy) is 2. The van der Waals surface area contributed by atoms with Crippen molar-refractivity contribution in [1.82, 2.24) is 10.2 Å². The van der Waals surface area contributed by atoms with Gasteiger partial charge in [0, 0.05) is 0 Å². The number of nitrogens with zero attached hydrogens (tertiary/aromatic N) is 2. The van der Waals surface area contributed by atoms with Gasteiger partial charge in [0.25, 0.3) is 5.91 Å². The molecule has 0 fully saturated rings. The van der Waals surface area contributed by atoms with Crippen molar-refractivity contribution in [2.45, 2.75) is 20.3 Å². The Kier molecular flexibility index (Phi) is 6.04. The third-order valence-corrected chi connectivity index (χ3v) is 3.69. The molecule has 0 aliphatic heterocycles. The van der Waals surface area contributed by atoms with Crippen LogP contribution in [0.15, 0.2) is 52.9 Å². The summed E-state index contributed by atoms with van der Waals surface area (Å²) in [5.74, 6) is 1.37. The normalized spacial score (nSPS) is 10.4. The second-order valence-corrected chi connectivity index (χ2v) is 5.90. The van der Waals surface area contributed by atoms with Crippen LogP contribution in [-0.4, -0.2) is 29.3 Å². The predicted octanol–water partition coefficient (Wildman–Crippen LogP) is 3.39. The van der Waals surface area contributed by atoms with Gasteiger partial charge in [-0.15, -0.1) is 5.10 Å². The molecule has 0 aliphatic rings. The molecule has 1 N–H and O–H groups in total. The number of amides is 1. The SMILES string of the molecule is CCOc1ccc(OCC(=O)Nc2nnc(Cc3ccc(C)cc3)o2)cc1. The third-order valence-electron chi connectivity index (χ3n) is 3.69. The van der Waals surface area contributed by atoms with Gasteiger partial charge in [-0.25, -0.2) is 0 Å². The number of aromatic nitrogens is 2. The Balaban J connectivity index is 1.48. The lowest BCUT2D eigenvalue weighted by atomic mass is 10.1. The summed E-state index contributed by atoms with van der Waals surface area (Å²) in [6.45, 7) is 4.38. The van der Waals surface area contributed by atoms with Crippen LogP contribution in [0.1, 0.15) is 23.9 Å². The molecule has 1 heterocycles. The lowest BCUT2D eigenvalue weighted by Gasteiger charge is -2.07. The first kappa shape index (κ1) is 18.4. The van der Waals surface area contributed by atoms with E-state index in [9.17, 15) is 4.79 Å². The van der Waals surface area contributed by atoms with Crippen LogP contribution in [0.5, 0.6) is 11.5 Å². The van der Waals surface area contributed by atoms with E-state index in [4.69, 9.17) is 13.9 Å². The third kappa shape index (κ3) is 5.57. The molecule has 0 saturated carbocycles. The molecule has 27 heavy (non-hydrogen) atoms. The Hall–Kier alpha value is -3.35. The van der Waals surface area contributed by atoms with Crippen molar-refractivity contribution in [3.63, 3.8) is 0 Å². The van der Waals surface area contributed by atoms with Gasteiger partial charge in [0.1, 0.15) is 11.5 Å². The minimum Gasteiger partial charge on any atom is -0.494 e. The van der Waals surface area contributed by atoms with Gasteiger partial charge in [0.15, 0.2) is 6.61 Å². The van der Waals surface area contributed by atoms with Gasteiger partial charge in [0.2, 0.25) is 5.89 Å². The highest BCUT2D eigenvalue weighted by Gasteiger charge is 2.11. The lowest BCUT2D eigenvalue weighted by Crippen LogP contribution is -2.20. The summed E-state index contributed by atoms with van der Waals surface area (Å²) in [5.41, 5.74) is 2.24. The molecule has 0 aliphatic carbocycles. The van der Waals surface area contributed by atoms with Crippen LogP contribution in [0.4, 0.5) is 6.01 Å². The minimum atomic E-state index is -0.380. The van der Waals surface area contributed by atoms with Crippen LogP contribution >= 0.6 is 0 Å². The Labute approximate surface area is 157 Å². The highest BCUT2D eigenvalue weighted by Crippen LogP contribution is 2.17. The minimum absolute atomic E-state index is 0.0532. The van der Waals surface area contributed by atoms with Gasteiger partial charge < -0.3 is 13.9 Å². The zero-order valence-electron chi connectivity index (χ0n) is 15.3. The van der Waals surface area contributed by atoms with Gasteiger partial charge in [0.05, 0.1) is 13.0 Å². The fourth-order valence-corrected chi connectivity index (χ4v) is 2.36. The summed E-state index contributed by atoms with van der Waals surface area (Å²) in [6.07, 6.45) is 0.506. The Bertz CT molecular complexity index is 873. The number of hydrogen-bond donors (Lipinski definition) is 1. The van der Waals surface area contributed by atoms with Crippen LogP contribution in [0.25, 0.3) is 0 Å². The standard InChI is InChI=1S/C20H21N3O4/c1-3-25-16-8-10-17(11-9-16)26-13-18(24)21-20-23-22-19(27-20)12-15-6-4-14(2)5-7-15/h4-11H,3,12-13H2,1-2H3,(H,21,23,24). The molecule has 0 unspecified atom stereocenters. The Morgan fingerprint density at radius 3 is 2.33 bits per heavy atom. The van der Waals surface area contributed by atoms with Crippen molar-refractivity contribution in [2.24, 2.45) is 0 Å². The first-order valence-corrected chi connectivity index (χ1v) is 8.66. The maximum absolute atomic E-state index is 12.0. The highest BCUT2D eigenvalue weighted by molar-refractivity contribution is 5.89. The van der Waals surface area contributed by atoms with E-state index in [1.165, 1.54) is 5.56 Å². The van der Waals surface area contributed by atoms with Gasteiger partial charge >= 0.3 is 6.01 Å². The summed E-state index contributed by atoms with van der Waals surface area (Å²) in [7, 11) is 0. The number of benzene rings is 2. The van der Waals surface area contributed by atoms with Gasteiger partial charge in [-0.3, -0.25) is 10.1 Å². The maximum Gasteiger partial charge on any atom is 0.322 e. The van der Waals surface area contributed by atoms with Crippen molar-refractivity contribution in [3.05, 3.63) is 65.5 Å². The number of nitrogens with one attached hydrogen (secondary N) is 1. The van der Waals surface area contributed by atoms with Gasteiger partial charge in [-0.1, -0.05) is 34.9 Å². The van der Waals surface area contributed by atoms with Crippen molar-refractivity contribution < 1.29 is 18.7 Å². The van der Waals surface area contributed by atoms with E-state index in [0.717, 1.165) is 11.3 Å². The van der Waals surface area contributed by atoms with Crippen molar-refractivity contribution >= 4 is 11.9 Å². The molecule has 2 aromatic carbocycles. The average molecular weight is 367 g/mol. The second kappa shape index (κ2) is 8.84. The monoisotopic (exact) mass is 367 g/mol. The second-order valence-electron chi connectivity index (χ2n) is 5.90. The summed E-state index contributed by atoms with van der Waals surface area (Å²) in [5, 5.41) is 10.3. The van der Waals surface area contributed by atoms with E-state index in [1.807, 2.05) is 38.1 Å². The van der Waals surface area contributed by atoms with Crippen LogP contribution in [0.2, 0.25) is 0 Å². The first-order chi connectivity index (χ1) is 13.1. The molecule has 0 saturated heterocycles. The molecule has 140 valence electrons. The van der Waals surface area contributed by atoms with Crippen LogP contribution in [0, 0.1) is 6.92 Å². The molecule has 0 radical (unpaired) electrons. The van der Waals surface area contributed by atoms with E-state index in [2.05, 4.69) is 15.5 Å². The summed E-state index contributed by atoms with van der Waals surface area (Å²) in [4.78, 5) is 12.0. The molecule has 0 bridgehead atoms. The molecule has 0 atom stereocenters. The van der Waals surface area contributed by atoms with E-state index in [1.54, 1.807) is 24.3 Å². The molecular weight excluding hydrogens is 346 g/mol. The fraction of sp³-hybridized carbons (Fsp3) is 0.250. The number of aryl methyl sites for hydroxylation is 1. The summed E-state index contributed by atoms with van der Waals surface area (Å²) >= 11 is 0. The first-order valence-electron chi connectivity index (χ1n) is 8.66. The van der Waals surface area contributed by atoms with Gasteiger partial charge in [-0.05, 0) is 43.7 Å². The van der Waals surface area contributed by atoms with E-state index >= 15 is 0 Å². The Morgan fingerprint density at radius 2 is 1.67 bits per heavy atom. The fourth-order valence-electron chi connectivity index (χ4n) is 2.36. The van der Waals surface area contributed by atoms with Crippen molar-refractivity contribution in [2.75, 3.05) is 18.5 Å². The molecule has 3 aromatic rings. The van der Waals surface area contributed by atoms with Crippen LogP contribution in [0.3, 0.4) is 0 Å². The smallest absolute Gasteiger partial charge is 0.322 e. The van der Waals surface area contributed by atoms with Crippen LogP contribution < -0.4 is 14.8 Å². The van der Waals surface area contributed by atoms with E-state index in [0.29, 0.717) is 24.7 Å². The highest BCUT2D eigenvalue weighted by atomic mass is 16.5. The summed E-state index contributed by atoms with van der Waals surface area (Å²) in [6, 6.07) is 15.1. The number of carbonyl (C=O) groups is 1. The summed E-state index contributed by atoms with van der Waals surface area (Å²) < 4.78 is 16.2. The largest absolute Gasteiger partial charge is 0.494 e. The molecule has 3 rings (SSSR count). The molecular formula is C20H21N3O4. The number of carbonyl (C=O) groups excluding carboxylic acids is 1. The lowest BCUT2D eigenvalue weighted by molar-refractivity contribution is -0.118. The topological polar surface area (TPSA) is 86.5 Å². The average Bonchev–Trinajstić information content (AvgIpc) is 3.10. The van der Waals surface area contributed by atoms with E-state index < -0.39 is 0 Å². The molecule has 1 aromatic heterocycles. The zero-order valence-corrected chi connectivity index (χ0v) is 15.3. The van der Waals surface area contributed by atoms with Crippen molar-refractivity contribution in [3.8, 4) is 11.5 Å². The van der Waals surface area contributed by atoms with Crippen molar-refractivity contribution in [1.29, 1.82) is 0 Å². The quantitative estimate of drug-likeness (QED) is 0.657. The van der Waals surface area contributed by atoms with Gasteiger partial charge in [-0.2, -0.15) is 0 Å². The number of rotatable bonds is 8. The molecule has 7 nitrogen and oxygen atoms in total. The number of hydrogen-bond acceptors (Lipinski definition) is 6. The molecule has 1 amide bonds. The number of anilines is 1. The predicted molar refractivity (Wildman–Crippen MR) is 100 cm³/mol. The maximum atomic E-state index is 12.0. The van der Waals surface area contributed by atoms with E-state index in [-0.39, 0.29) is 18.5 Å².